The number of nitrogens with zero attached hydrogens (tertiary/aromatic N) is 5. The SMILES string of the molecule is COc1ccccc1Cn1c(=O)n(CC(=O)O)c(=O)c2c(-c3ccc4ccccc4n3)c(C(=O)OCCC#N)c(C(C)C)nc21. The van der Waals surface area contributed by atoms with Gasteiger partial charge >= 0.3 is 17.6 Å². The molecule has 0 saturated heterocycles. The predicted octanol–water partition coefficient (Wildman–Crippen LogP) is 4.11. The van der Waals surface area contributed by atoms with E-state index in [9.17, 15) is 24.3 Å². The van der Waals surface area contributed by atoms with E-state index in [1.165, 1.54) is 11.7 Å². The fraction of sp³-hybridized carbons (Fsp3) is 0.242. The van der Waals surface area contributed by atoms with Gasteiger partial charge in [-0.2, -0.15) is 5.26 Å². The molecule has 0 radical (unpaired) electrons. The van der Waals surface area contributed by atoms with Gasteiger partial charge < -0.3 is 14.6 Å². The molecule has 0 bridgehead atoms. The third-order valence-corrected chi connectivity index (χ3v) is 7.25. The van der Waals surface area contributed by atoms with Crippen molar-refractivity contribution in [2.75, 3.05) is 13.7 Å². The van der Waals surface area contributed by atoms with E-state index in [0.717, 1.165) is 5.39 Å². The Bertz CT molecular complexity index is 2130. The van der Waals surface area contributed by atoms with Crippen LogP contribution in [0.25, 0.3) is 33.2 Å². The molecule has 0 unspecified atom stereocenters. The number of methoxy groups -OCH3 is 1. The molecule has 0 aliphatic heterocycles. The summed E-state index contributed by atoms with van der Waals surface area (Å²) < 4.78 is 12.8. The summed E-state index contributed by atoms with van der Waals surface area (Å²) in [4.78, 5) is 63.2. The Morgan fingerprint density at radius 3 is 2.44 bits per heavy atom. The number of esters is 1. The van der Waals surface area contributed by atoms with Gasteiger partial charge in [-0.25, -0.2) is 24.1 Å². The van der Waals surface area contributed by atoms with Gasteiger partial charge in [-0.15, -0.1) is 0 Å². The Morgan fingerprint density at radius 2 is 1.73 bits per heavy atom. The lowest BCUT2D eigenvalue weighted by Crippen LogP contribution is -2.42. The van der Waals surface area contributed by atoms with E-state index in [2.05, 4.69) is 0 Å². The number of benzene rings is 2. The summed E-state index contributed by atoms with van der Waals surface area (Å²) in [5.41, 5.74) is -0.314. The van der Waals surface area contributed by atoms with Gasteiger partial charge in [-0.3, -0.25) is 14.2 Å². The van der Waals surface area contributed by atoms with Gasteiger partial charge in [0, 0.05) is 16.5 Å². The maximum atomic E-state index is 14.2. The Labute approximate surface area is 256 Å². The third kappa shape index (κ3) is 5.88. The Kier molecular flexibility index (Phi) is 8.71. The van der Waals surface area contributed by atoms with Crippen LogP contribution in [0, 0.1) is 11.3 Å². The van der Waals surface area contributed by atoms with Crippen molar-refractivity contribution in [1.29, 1.82) is 5.26 Å². The monoisotopic (exact) mass is 607 g/mol. The number of nitriles is 1. The number of rotatable bonds is 10. The molecule has 5 aromatic rings. The van der Waals surface area contributed by atoms with E-state index in [-0.39, 0.29) is 53.1 Å². The van der Waals surface area contributed by atoms with Crippen molar-refractivity contribution in [3.05, 3.63) is 98.3 Å². The molecular weight excluding hydrogens is 578 g/mol. The second-order valence-electron chi connectivity index (χ2n) is 10.5. The molecule has 5 rings (SSSR count). The molecular formula is C33H29N5O7. The number of carboxylic acid groups (broad SMARTS) is 1. The number of hydrogen-bond donors (Lipinski definition) is 1. The van der Waals surface area contributed by atoms with Crippen LogP contribution in [0.15, 0.2) is 70.3 Å². The van der Waals surface area contributed by atoms with E-state index in [1.807, 2.05) is 18.2 Å². The van der Waals surface area contributed by atoms with E-state index in [1.54, 1.807) is 62.4 Å². The number of carbonyl (C=O) groups is 2. The fourth-order valence-electron chi connectivity index (χ4n) is 5.22. The Hall–Kier alpha value is -5.83. The van der Waals surface area contributed by atoms with Gasteiger partial charge in [-0.1, -0.05) is 56.3 Å². The minimum atomic E-state index is -1.41. The fourth-order valence-corrected chi connectivity index (χ4v) is 5.22. The van der Waals surface area contributed by atoms with Crippen molar-refractivity contribution < 1.29 is 24.2 Å². The van der Waals surface area contributed by atoms with Gasteiger partial charge in [-0.05, 0) is 24.1 Å². The van der Waals surface area contributed by atoms with E-state index in [4.69, 9.17) is 24.7 Å². The lowest BCUT2D eigenvalue weighted by Gasteiger charge is -2.21. The van der Waals surface area contributed by atoms with Gasteiger partial charge in [0.1, 0.15) is 18.9 Å². The van der Waals surface area contributed by atoms with Crippen molar-refractivity contribution >= 4 is 33.9 Å². The average molecular weight is 608 g/mol. The number of pyridine rings is 2. The van der Waals surface area contributed by atoms with Gasteiger partial charge in [0.25, 0.3) is 5.56 Å². The van der Waals surface area contributed by atoms with Gasteiger partial charge in [0.05, 0.1) is 54.0 Å². The van der Waals surface area contributed by atoms with E-state index < -0.39 is 35.7 Å². The maximum absolute atomic E-state index is 14.2. The molecule has 0 atom stereocenters. The Morgan fingerprint density at radius 1 is 1.00 bits per heavy atom. The molecule has 1 N–H and O–H groups in total. The second-order valence-corrected chi connectivity index (χ2v) is 10.5. The molecule has 2 aromatic carbocycles. The number of para-hydroxylation sites is 2. The first-order chi connectivity index (χ1) is 21.7. The summed E-state index contributed by atoms with van der Waals surface area (Å²) in [6, 6.07) is 19.6. The van der Waals surface area contributed by atoms with Crippen LogP contribution in [0.4, 0.5) is 0 Å². The summed E-state index contributed by atoms with van der Waals surface area (Å²) in [6.07, 6.45) is -0.0583. The lowest BCUT2D eigenvalue weighted by molar-refractivity contribution is -0.137. The molecule has 0 spiro atoms. The molecule has 0 amide bonds. The largest absolute Gasteiger partial charge is 0.496 e. The minimum absolute atomic E-state index is 0.0503. The highest BCUT2D eigenvalue weighted by Gasteiger charge is 2.30. The van der Waals surface area contributed by atoms with Gasteiger partial charge in [0.15, 0.2) is 5.65 Å². The molecule has 3 heterocycles. The molecule has 3 aromatic heterocycles. The normalized spacial score (nSPS) is 11.1. The first-order valence-electron chi connectivity index (χ1n) is 14.1. The van der Waals surface area contributed by atoms with Crippen LogP contribution in [0.2, 0.25) is 0 Å². The van der Waals surface area contributed by atoms with Crippen LogP contribution in [0.1, 0.15) is 47.8 Å². The molecule has 45 heavy (non-hydrogen) atoms. The van der Waals surface area contributed by atoms with Crippen molar-refractivity contribution in [3.8, 4) is 23.1 Å². The summed E-state index contributed by atoms with van der Waals surface area (Å²) in [6.45, 7) is 2.34. The van der Waals surface area contributed by atoms with Crippen molar-refractivity contribution in [1.82, 2.24) is 19.1 Å². The van der Waals surface area contributed by atoms with Crippen molar-refractivity contribution in [2.24, 2.45) is 0 Å². The standard InChI is InChI=1S/C33H29N5O7/c1-19(2)29-27(32(42)45-16-8-15-34)26(23-14-13-20-9-4-6-11-22(20)35-23)28-30(36-29)37(17-21-10-5-7-12-24(21)44-3)33(43)38(31(28)41)18-25(39)40/h4-7,9-14,19H,8,16-18H2,1-3H3,(H,39,40). The predicted molar refractivity (Wildman–Crippen MR) is 165 cm³/mol. The number of carboxylic acids is 1. The molecule has 0 aliphatic rings. The molecule has 0 aliphatic carbocycles. The summed E-state index contributed by atoms with van der Waals surface area (Å²) in [5, 5.41) is 19.3. The van der Waals surface area contributed by atoms with Crippen LogP contribution in [0.3, 0.4) is 0 Å². The number of fused-ring (bicyclic) bond motifs is 2. The van der Waals surface area contributed by atoms with E-state index in [0.29, 0.717) is 21.4 Å². The molecule has 12 nitrogen and oxygen atoms in total. The summed E-state index contributed by atoms with van der Waals surface area (Å²) in [5.74, 6) is -2.18. The zero-order valence-corrected chi connectivity index (χ0v) is 24.8. The van der Waals surface area contributed by atoms with E-state index >= 15 is 0 Å². The maximum Gasteiger partial charge on any atom is 0.340 e. The minimum Gasteiger partial charge on any atom is -0.496 e. The van der Waals surface area contributed by atoms with Crippen molar-refractivity contribution in [2.45, 2.75) is 39.3 Å². The highest BCUT2D eigenvalue weighted by Crippen LogP contribution is 2.35. The number of carbonyl (C=O) groups excluding carboxylic acids is 1. The molecule has 0 saturated carbocycles. The number of aromatic nitrogens is 4. The molecule has 0 fully saturated rings. The number of aliphatic carboxylic acids is 1. The third-order valence-electron chi connectivity index (χ3n) is 7.25. The van der Waals surface area contributed by atoms with Crippen molar-refractivity contribution in [3.63, 3.8) is 0 Å². The molecule has 228 valence electrons. The first kappa shape index (κ1) is 30.6. The zero-order valence-electron chi connectivity index (χ0n) is 24.8. The Balaban J connectivity index is 1.98. The van der Waals surface area contributed by atoms with Crippen LogP contribution in [0.5, 0.6) is 5.75 Å². The highest BCUT2D eigenvalue weighted by atomic mass is 16.5. The smallest absolute Gasteiger partial charge is 0.340 e. The topological polar surface area (TPSA) is 166 Å². The molecule has 12 heteroatoms. The van der Waals surface area contributed by atoms with Crippen LogP contribution in [-0.4, -0.2) is 49.9 Å². The van der Waals surface area contributed by atoms with Gasteiger partial charge in [0.2, 0.25) is 0 Å². The summed E-state index contributed by atoms with van der Waals surface area (Å²) in [7, 11) is 1.48. The lowest BCUT2D eigenvalue weighted by atomic mass is 9.94. The highest BCUT2D eigenvalue weighted by molar-refractivity contribution is 6.07. The number of hydrogen-bond acceptors (Lipinski definition) is 9. The van der Waals surface area contributed by atoms with Crippen LogP contribution >= 0.6 is 0 Å². The quantitative estimate of drug-likeness (QED) is 0.180. The first-order valence-corrected chi connectivity index (χ1v) is 14.1. The number of ether oxygens (including phenoxy) is 2. The summed E-state index contributed by atoms with van der Waals surface area (Å²) >= 11 is 0. The average Bonchev–Trinajstić information content (AvgIpc) is 3.03. The zero-order chi connectivity index (χ0) is 32.2. The van der Waals surface area contributed by atoms with Crippen LogP contribution in [-0.2, 0) is 22.6 Å². The second kappa shape index (κ2) is 12.8. The van der Waals surface area contributed by atoms with Crippen LogP contribution < -0.4 is 16.0 Å².